The highest BCUT2D eigenvalue weighted by molar-refractivity contribution is 7.18. The topological polar surface area (TPSA) is 89.5 Å². The van der Waals surface area contributed by atoms with E-state index in [1.165, 1.54) is 23.0 Å². The maximum Gasteiger partial charge on any atom is 0.347 e. The van der Waals surface area contributed by atoms with E-state index in [1.807, 2.05) is 6.92 Å². The Morgan fingerprint density at radius 2 is 2.15 bits per heavy atom. The van der Waals surface area contributed by atoms with Crippen molar-refractivity contribution in [2.45, 2.75) is 13.5 Å². The van der Waals surface area contributed by atoms with Gasteiger partial charge in [-0.15, -0.1) is 0 Å². The van der Waals surface area contributed by atoms with Crippen LogP contribution in [0.3, 0.4) is 0 Å². The third-order valence-corrected chi connectivity index (χ3v) is 3.92. The molecule has 8 heteroatoms. The van der Waals surface area contributed by atoms with Gasteiger partial charge in [-0.05, 0) is 6.92 Å². The molecule has 0 atom stereocenters. The number of hydrogen-bond donors (Lipinski definition) is 1. The summed E-state index contributed by atoms with van der Waals surface area (Å²) in [5.74, 6) is -1.26. The molecule has 3 aromatic heterocycles. The van der Waals surface area contributed by atoms with Crippen LogP contribution in [-0.2, 0) is 6.54 Å². The van der Waals surface area contributed by atoms with E-state index in [0.29, 0.717) is 22.9 Å². The summed E-state index contributed by atoms with van der Waals surface area (Å²) in [6.07, 6.45) is 5.94. The molecule has 0 aliphatic rings. The Hall–Kier alpha value is -2.48. The lowest BCUT2D eigenvalue weighted by Gasteiger charge is -2.02. The normalized spacial score (nSPS) is 11.1. The summed E-state index contributed by atoms with van der Waals surface area (Å²) in [5.41, 5.74) is 0.788. The van der Waals surface area contributed by atoms with E-state index >= 15 is 0 Å². The van der Waals surface area contributed by atoms with Crippen LogP contribution < -0.4 is 0 Å². The molecule has 0 aromatic carbocycles. The standard InChI is InChI=1S/C12H10N4O3S/c1-2-15-6-13-3-7(15)10(17)8-4-14-12-16(8)5-9(20-12)11(18)19/h3-6H,2H2,1H3,(H,18,19). The van der Waals surface area contributed by atoms with Crippen LogP contribution in [0.2, 0.25) is 0 Å². The molecule has 102 valence electrons. The molecule has 0 aliphatic heterocycles. The van der Waals surface area contributed by atoms with Crippen LogP contribution in [0.1, 0.15) is 32.8 Å². The number of rotatable bonds is 4. The van der Waals surface area contributed by atoms with Crippen molar-refractivity contribution in [1.29, 1.82) is 0 Å². The van der Waals surface area contributed by atoms with Gasteiger partial charge in [-0.3, -0.25) is 9.20 Å². The van der Waals surface area contributed by atoms with Crippen LogP contribution in [-0.4, -0.2) is 35.8 Å². The number of hydrogen-bond acceptors (Lipinski definition) is 5. The highest BCUT2D eigenvalue weighted by Crippen LogP contribution is 2.20. The fraction of sp³-hybridized carbons (Fsp3) is 0.167. The molecule has 0 spiro atoms. The van der Waals surface area contributed by atoms with E-state index in [0.717, 1.165) is 11.3 Å². The van der Waals surface area contributed by atoms with Gasteiger partial charge >= 0.3 is 5.97 Å². The van der Waals surface area contributed by atoms with E-state index in [2.05, 4.69) is 9.97 Å². The van der Waals surface area contributed by atoms with Gasteiger partial charge in [-0.2, -0.15) is 0 Å². The number of carboxylic acids is 1. The smallest absolute Gasteiger partial charge is 0.347 e. The Kier molecular flexibility index (Phi) is 2.87. The second-order valence-corrected chi connectivity index (χ2v) is 5.10. The SMILES string of the molecule is CCn1cncc1C(=O)c1cnc2sc(C(=O)O)cn12. The van der Waals surface area contributed by atoms with Crippen molar-refractivity contribution in [2.24, 2.45) is 0 Å². The minimum atomic E-state index is -1.03. The van der Waals surface area contributed by atoms with Crippen LogP contribution in [0.5, 0.6) is 0 Å². The summed E-state index contributed by atoms with van der Waals surface area (Å²) >= 11 is 1.03. The number of thiazole rings is 1. The zero-order valence-corrected chi connectivity index (χ0v) is 11.3. The number of carbonyl (C=O) groups excluding carboxylic acids is 1. The number of aryl methyl sites for hydroxylation is 1. The van der Waals surface area contributed by atoms with E-state index in [9.17, 15) is 9.59 Å². The predicted octanol–water partition coefficient (Wildman–Crippen LogP) is 1.54. The van der Waals surface area contributed by atoms with Crippen molar-refractivity contribution in [3.05, 3.63) is 41.2 Å². The summed E-state index contributed by atoms with van der Waals surface area (Å²) in [6, 6.07) is 0. The third-order valence-electron chi connectivity index (χ3n) is 2.94. The largest absolute Gasteiger partial charge is 0.477 e. The number of carboxylic acid groups (broad SMARTS) is 1. The predicted molar refractivity (Wildman–Crippen MR) is 71.4 cm³/mol. The summed E-state index contributed by atoms with van der Waals surface area (Å²) in [5, 5.41) is 8.97. The Bertz CT molecular complexity index is 814. The molecule has 0 saturated carbocycles. The van der Waals surface area contributed by atoms with E-state index in [-0.39, 0.29) is 10.7 Å². The maximum atomic E-state index is 12.5. The summed E-state index contributed by atoms with van der Waals surface area (Å²) in [7, 11) is 0. The van der Waals surface area contributed by atoms with Gasteiger partial charge < -0.3 is 9.67 Å². The van der Waals surface area contributed by atoms with E-state index in [1.54, 1.807) is 10.9 Å². The van der Waals surface area contributed by atoms with Crippen LogP contribution in [0, 0.1) is 0 Å². The van der Waals surface area contributed by atoms with E-state index in [4.69, 9.17) is 5.11 Å². The first-order valence-corrected chi connectivity index (χ1v) is 6.68. The lowest BCUT2D eigenvalue weighted by molar-refractivity contribution is 0.0701. The second kappa shape index (κ2) is 4.57. The Balaban J connectivity index is 2.10. The van der Waals surface area contributed by atoms with Crippen molar-refractivity contribution in [3.63, 3.8) is 0 Å². The number of aromatic nitrogens is 4. The monoisotopic (exact) mass is 290 g/mol. The van der Waals surface area contributed by atoms with Crippen molar-refractivity contribution < 1.29 is 14.7 Å². The van der Waals surface area contributed by atoms with Gasteiger partial charge in [0, 0.05) is 12.7 Å². The molecule has 1 N–H and O–H groups in total. The fourth-order valence-corrected chi connectivity index (χ4v) is 2.74. The van der Waals surface area contributed by atoms with Crippen molar-refractivity contribution in [3.8, 4) is 0 Å². The molecule has 0 bridgehead atoms. The molecule has 3 aromatic rings. The Labute approximate surface area is 117 Å². The number of nitrogens with zero attached hydrogens (tertiary/aromatic N) is 4. The number of fused-ring (bicyclic) bond motifs is 1. The summed E-state index contributed by atoms with van der Waals surface area (Å²) < 4.78 is 3.23. The first kappa shape index (κ1) is 12.5. The van der Waals surface area contributed by atoms with Gasteiger partial charge in [0.25, 0.3) is 0 Å². The molecule has 0 amide bonds. The minimum Gasteiger partial charge on any atom is -0.477 e. The van der Waals surface area contributed by atoms with Crippen LogP contribution in [0.25, 0.3) is 4.96 Å². The Morgan fingerprint density at radius 1 is 1.35 bits per heavy atom. The molecular weight excluding hydrogens is 280 g/mol. The summed E-state index contributed by atoms with van der Waals surface area (Å²) in [4.78, 5) is 32.1. The molecule has 7 nitrogen and oxygen atoms in total. The molecule has 0 radical (unpaired) electrons. The zero-order chi connectivity index (χ0) is 14.3. The molecule has 3 heterocycles. The lowest BCUT2D eigenvalue weighted by Crippen LogP contribution is -2.10. The molecule has 0 aliphatic carbocycles. The fourth-order valence-electron chi connectivity index (χ4n) is 1.95. The first-order chi connectivity index (χ1) is 9.61. The van der Waals surface area contributed by atoms with Crippen molar-refractivity contribution in [1.82, 2.24) is 18.9 Å². The number of imidazole rings is 2. The molecular formula is C12H10N4O3S. The molecule has 0 unspecified atom stereocenters. The van der Waals surface area contributed by atoms with Crippen molar-refractivity contribution >= 4 is 28.1 Å². The van der Waals surface area contributed by atoms with E-state index < -0.39 is 5.97 Å². The first-order valence-electron chi connectivity index (χ1n) is 5.86. The quantitative estimate of drug-likeness (QED) is 0.736. The molecule has 0 saturated heterocycles. The van der Waals surface area contributed by atoms with Gasteiger partial charge in [0.2, 0.25) is 5.78 Å². The third kappa shape index (κ3) is 1.81. The average molecular weight is 290 g/mol. The number of carbonyl (C=O) groups is 2. The van der Waals surface area contributed by atoms with Gasteiger partial charge in [0.05, 0.1) is 18.7 Å². The van der Waals surface area contributed by atoms with Gasteiger partial charge in [0.1, 0.15) is 16.3 Å². The molecule has 3 rings (SSSR count). The van der Waals surface area contributed by atoms with Gasteiger partial charge in [-0.25, -0.2) is 14.8 Å². The average Bonchev–Trinajstić information content (AvgIpc) is 3.11. The Morgan fingerprint density at radius 3 is 2.85 bits per heavy atom. The van der Waals surface area contributed by atoms with Gasteiger partial charge in [-0.1, -0.05) is 11.3 Å². The highest BCUT2D eigenvalue weighted by Gasteiger charge is 2.20. The van der Waals surface area contributed by atoms with Crippen LogP contribution in [0.15, 0.2) is 24.9 Å². The number of aromatic carboxylic acids is 1. The number of ketones is 1. The van der Waals surface area contributed by atoms with Gasteiger partial charge in [0.15, 0.2) is 4.96 Å². The van der Waals surface area contributed by atoms with Crippen molar-refractivity contribution in [2.75, 3.05) is 0 Å². The highest BCUT2D eigenvalue weighted by atomic mass is 32.1. The summed E-state index contributed by atoms with van der Waals surface area (Å²) in [6.45, 7) is 2.55. The minimum absolute atomic E-state index is 0.145. The van der Waals surface area contributed by atoms with Crippen LogP contribution in [0.4, 0.5) is 0 Å². The zero-order valence-electron chi connectivity index (χ0n) is 10.5. The molecule has 20 heavy (non-hydrogen) atoms. The maximum absolute atomic E-state index is 12.5. The molecule has 0 fully saturated rings. The lowest BCUT2D eigenvalue weighted by atomic mass is 10.2. The van der Waals surface area contributed by atoms with Crippen LogP contribution >= 0.6 is 11.3 Å². The second-order valence-electron chi connectivity index (χ2n) is 4.09.